The van der Waals surface area contributed by atoms with Crippen molar-refractivity contribution < 1.29 is 9.90 Å². The highest BCUT2D eigenvalue weighted by atomic mass is 16.4. The van der Waals surface area contributed by atoms with Crippen molar-refractivity contribution >= 4 is 5.97 Å². The Bertz CT molecular complexity index is 534. The minimum Gasteiger partial charge on any atom is -0.550 e. The van der Waals surface area contributed by atoms with Crippen LogP contribution in [0.25, 0.3) is 0 Å². The number of allylic oxidation sites excluding steroid dienone is 3. The van der Waals surface area contributed by atoms with Crippen molar-refractivity contribution in [1.82, 2.24) is 0 Å². The lowest BCUT2D eigenvalue weighted by atomic mass is 9.45. The molecule has 0 N–H and O–H groups in total. The molecule has 0 aromatic rings. The van der Waals surface area contributed by atoms with E-state index >= 15 is 0 Å². The molecule has 2 nitrogen and oxygen atoms in total. The van der Waals surface area contributed by atoms with E-state index in [1.807, 2.05) is 6.92 Å². The summed E-state index contributed by atoms with van der Waals surface area (Å²) in [6.07, 6.45) is 11.8. The molecule has 0 aliphatic heterocycles. The standard InChI is InChI=1S/C20H30O2/c1-5-18(2)12-9-15-14(13-18)7-8-16-19(15,3)10-6-11-20(16,4)17(21)22/h5,7,15-16H,1,6,8-13H2,2-4H3,(H,21,22)/p-1/t15-,16-,18-,19-,20+/m1/s1. The minimum atomic E-state index is -0.841. The maximum atomic E-state index is 11.8. The van der Waals surface area contributed by atoms with Crippen LogP contribution in [0.2, 0.25) is 0 Å². The summed E-state index contributed by atoms with van der Waals surface area (Å²) >= 11 is 0. The molecular formula is C20H29O2-. The lowest BCUT2D eigenvalue weighted by Crippen LogP contribution is -2.56. The maximum Gasteiger partial charge on any atom is 0.0476 e. The summed E-state index contributed by atoms with van der Waals surface area (Å²) in [4.78, 5) is 11.8. The summed E-state index contributed by atoms with van der Waals surface area (Å²) in [5.41, 5.74) is 1.25. The quantitative estimate of drug-likeness (QED) is 0.726. The van der Waals surface area contributed by atoms with Crippen molar-refractivity contribution in [2.45, 2.75) is 65.7 Å². The second-order valence-corrected chi connectivity index (χ2v) is 8.76. The van der Waals surface area contributed by atoms with Gasteiger partial charge in [0.15, 0.2) is 0 Å². The highest BCUT2D eigenvalue weighted by Crippen LogP contribution is 2.63. The first-order valence-electron chi connectivity index (χ1n) is 8.79. The molecule has 2 heteroatoms. The molecule has 3 aliphatic carbocycles. The molecule has 5 atom stereocenters. The zero-order valence-electron chi connectivity index (χ0n) is 14.3. The van der Waals surface area contributed by atoms with E-state index in [9.17, 15) is 9.90 Å². The monoisotopic (exact) mass is 301 g/mol. The van der Waals surface area contributed by atoms with Crippen molar-refractivity contribution in [1.29, 1.82) is 0 Å². The van der Waals surface area contributed by atoms with Gasteiger partial charge in [-0.05, 0) is 61.2 Å². The molecule has 0 aromatic carbocycles. The molecule has 0 heterocycles. The Morgan fingerprint density at radius 3 is 2.68 bits per heavy atom. The van der Waals surface area contributed by atoms with Crippen molar-refractivity contribution in [2.24, 2.45) is 28.1 Å². The number of carbonyl (C=O) groups is 1. The third kappa shape index (κ3) is 2.10. The zero-order valence-corrected chi connectivity index (χ0v) is 14.3. The summed E-state index contributed by atoms with van der Waals surface area (Å²) in [6, 6.07) is 0. The van der Waals surface area contributed by atoms with Crippen LogP contribution in [0, 0.1) is 28.1 Å². The van der Waals surface area contributed by atoms with Gasteiger partial charge in [0.25, 0.3) is 0 Å². The number of carboxylic acid groups (broad SMARTS) is 1. The topological polar surface area (TPSA) is 40.1 Å². The van der Waals surface area contributed by atoms with Gasteiger partial charge in [-0.15, -0.1) is 6.58 Å². The molecule has 0 spiro atoms. The Morgan fingerprint density at radius 1 is 1.32 bits per heavy atom. The third-order valence-electron chi connectivity index (χ3n) is 7.41. The fourth-order valence-electron chi connectivity index (χ4n) is 5.85. The normalized spacial score (nSPS) is 47.9. The van der Waals surface area contributed by atoms with Crippen LogP contribution in [-0.2, 0) is 4.79 Å². The second-order valence-electron chi connectivity index (χ2n) is 8.76. The first-order valence-corrected chi connectivity index (χ1v) is 8.79. The first kappa shape index (κ1) is 15.8. The van der Waals surface area contributed by atoms with Gasteiger partial charge in [-0.25, -0.2) is 0 Å². The van der Waals surface area contributed by atoms with Gasteiger partial charge in [0.2, 0.25) is 0 Å². The van der Waals surface area contributed by atoms with E-state index in [1.165, 1.54) is 12.8 Å². The van der Waals surface area contributed by atoms with Gasteiger partial charge in [0, 0.05) is 11.4 Å². The van der Waals surface area contributed by atoms with E-state index < -0.39 is 11.4 Å². The van der Waals surface area contributed by atoms with Gasteiger partial charge in [0.05, 0.1) is 0 Å². The number of hydrogen-bond acceptors (Lipinski definition) is 2. The van der Waals surface area contributed by atoms with Crippen molar-refractivity contribution in [3.05, 3.63) is 24.3 Å². The molecule has 3 aliphatic rings. The Kier molecular flexibility index (Phi) is 3.58. The van der Waals surface area contributed by atoms with Crippen LogP contribution in [0.15, 0.2) is 24.3 Å². The fourth-order valence-corrected chi connectivity index (χ4v) is 5.85. The van der Waals surface area contributed by atoms with Crippen LogP contribution in [0.4, 0.5) is 0 Å². The maximum absolute atomic E-state index is 11.8. The summed E-state index contributed by atoms with van der Waals surface area (Å²) in [7, 11) is 0. The Labute approximate surface area is 134 Å². The van der Waals surface area contributed by atoms with E-state index in [-0.39, 0.29) is 16.7 Å². The highest BCUT2D eigenvalue weighted by Gasteiger charge is 2.55. The molecule has 0 amide bonds. The number of hydrogen-bond donors (Lipinski definition) is 0. The van der Waals surface area contributed by atoms with Crippen molar-refractivity contribution in [3.63, 3.8) is 0 Å². The Balaban J connectivity index is 1.98. The molecule has 0 bridgehead atoms. The van der Waals surface area contributed by atoms with E-state index in [4.69, 9.17) is 0 Å². The average molecular weight is 301 g/mol. The van der Waals surface area contributed by atoms with Crippen molar-refractivity contribution in [2.75, 3.05) is 0 Å². The van der Waals surface area contributed by atoms with Gasteiger partial charge < -0.3 is 9.90 Å². The first-order chi connectivity index (χ1) is 10.3. The molecule has 122 valence electrons. The van der Waals surface area contributed by atoms with E-state index in [1.54, 1.807) is 5.57 Å². The zero-order chi connectivity index (χ0) is 16.2. The van der Waals surface area contributed by atoms with Crippen LogP contribution in [-0.4, -0.2) is 5.97 Å². The third-order valence-corrected chi connectivity index (χ3v) is 7.41. The number of rotatable bonds is 2. The number of aliphatic carboxylic acids is 1. The van der Waals surface area contributed by atoms with Crippen LogP contribution in [0.3, 0.4) is 0 Å². The number of fused-ring (bicyclic) bond motifs is 3. The van der Waals surface area contributed by atoms with Crippen LogP contribution >= 0.6 is 0 Å². The lowest BCUT2D eigenvalue weighted by molar-refractivity contribution is -0.326. The summed E-state index contributed by atoms with van der Waals surface area (Å²) in [5, 5.41) is 11.8. The van der Waals surface area contributed by atoms with Gasteiger partial charge >= 0.3 is 0 Å². The van der Waals surface area contributed by atoms with Gasteiger partial charge in [-0.1, -0.05) is 44.9 Å². The fraction of sp³-hybridized carbons (Fsp3) is 0.750. The molecule has 2 fully saturated rings. The molecular weight excluding hydrogens is 272 g/mol. The summed E-state index contributed by atoms with van der Waals surface area (Å²) in [5.74, 6) is -0.0640. The SMILES string of the molecule is C=C[C@]1(C)CC[C@@H]2C(=CC[C@@H]3[C@]2(C)CCC[C@]3(C)C(=O)[O-])C1. The smallest absolute Gasteiger partial charge is 0.0476 e. The van der Waals surface area contributed by atoms with Gasteiger partial charge in [0.1, 0.15) is 0 Å². The molecule has 22 heavy (non-hydrogen) atoms. The molecule has 0 saturated heterocycles. The Hall–Kier alpha value is -1.05. The minimum absolute atomic E-state index is 0.125. The van der Waals surface area contributed by atoms with Crippen LogP contribution in [0.1, 0.15) is 65.7 Å². The van der Waals surface area contributed by atoms with Crippen LogP contribution in [0.5, 0.6) is 0 Å². The van der Waals surface area contributed by atoms with E-state index in [0.717, 1.165) is 32.1 Å². The predicted octanol–water partition coefficient (Wildman–Crippen LogP) is 3.87. The van der Waals surface area contributed by atoms with E-state index in [0.29, 0.717) is 5.92 Å². The Morgan fingerprint density at radius 2 is 2.05 bits per heavy atom. The molecule has 0 unspecified atom stereocenters. The second kappa shape index (κ2) is 4.97. The van der Waals surface area contributed by atoms with Crippen molar-refractivity contribution in [3.8, 4) is 0 Å². The van der Waals surface area contributed by atoms with Gasteiger partial charge in [-0.2, -0.15) is 0 Å². The van der Waals surface area contributed by atoms with E-state index in [2.05, 4.69) is 32.6 Å². The lowest BCUT2D eigenvalue weighted by Gasteiger charge is -2.60. The van der Waals surface area contributed by atoms with Gasteiger partial charge in [-0.3, -0.25) is 0 Å². The molecule has 3 rings (SSSR count). The molecule has 2 saturated carbocycles. The van der Waals surface area contributed by atoms with Crippen LogP contribution < -0.4 is 5.11 Å². The average Bonchev–Trinajstić information content (AvgIpc) is 2.46. The number of carboxylic acids is 1. The largest absolute Gasteiger partial charge is 0.550 e. The summed E-state index contributed by atoms with van der Waals surface area (Å²) < 4.78 is 0. The predicted molar refractivity (Wildman–Crippen MR) is 86.9 cm³/mol. The highest BCUT2D eigenvalue weighted by molar-refractivity contribution is 5.73. The molecule has 0 radical (unpaired) electrons. The molecule has 0 aromatic heterocycles. The number of carbonyl (C=O) groups excluding carboxylic acids is 1. The summed E-state index contributed by atoms with van der Waals surface area (Å²) in [6.45, 7) is 10.6.